The summed E-state index contributed by atoms with van der Waals surface area (Å²) >= 11 is 3.54. The summed E-state index contributed by atoms with van der Waals surface area (Å²) in [5, 5.41) is 9.41. The molecule has 3 heteroatoms. The van der Waals surface area contributed by atoms with Crippen molar-refractivity contribution in [1.82, 2.24) is 0 Å². The van der Waals surface area contributed by atoms with Gasteiger partial charge in [0.1, 0.15) is 0 Å². The smallest absolute Gasteiger partial charge is 0.0469 e. The Morgan fingerprint density at radius 2 is 2.06 bits per heavy atom. The first-order chi connectivity index (χ1) is 8.77. The fourth-order valence-electron chi connectivity index (χ4n) is 1.83. The lowest BCUT2D eigenvalue weighted by Gasteiger charge is -2.15. The molecule has 1 rings (SSSR count). The Morgan fingerprint density at radius 3 is 2.72 bits per heavy atom. The van der Waals surface area contributed by atoms with Crippen LogP contribution in [0.3, 0.4) is 0 Å². The summed E-state index contributed by atoms with van der Waals surface area (Å²) in [6, 6.07) is 8.19. The van der Waals surface area contributed by atoms with Gasteiger partial charge in [0.05, 0.1) is 0 Å². The zero-order chi connectivity index (χ0) is 13.2. The highest BCUT2D eigenvalue weighted by Gasteiger charge is 2.10. The molecule has 0 aliphatic rings. The minimum absolute atomic E-state index is 0.221. The summed E-state index contributed by atoms with van der Waals surface area (Å²) in [5.74, 6) is 0.283. The van der Waals surface area contributed by atoms with E-state index in [1.54, 1.807) is 0 Å². The molecule has 0 saturated heterocycles. The van der Waals surface area contributed by atoms with E-state index in [0.717, 1.165) is 36.9 Å². The van der Waals surface area contributed by atoms with Gasteiger partial charge in [0.25, 0.3) is 0 Å². The first kappa shape index (κ1) is 15.7. The van der Waals surface area contributed by atoms with Gasteiger partial charge in [-0.1, -0.05) is 47.5 Å². The van der Waals surface area contributed by atoms with Crippen LogP contribution in [0, 0.1) is 5.92 Å². The van der Waals surface area contributed by atoms with E-state index < -0.39 is 0 Å². The molecule has 0 fully saturated rings. The van der Waals surface area contributed by atoms with Crippen LogP contribution < -0.4 is 0 Å². The molecule has 1 aromatic rings. The van der Waals surface area contributed by atoms with Gasteiger partial charge in [-0.15, -0.1) is 0 Å². The molecule has 0 aliphatic heterocycles. The molecule has 1 unspecified atom stereocenters. The van der Waals surface area contributed by atoms with Crippen molar-refractivity contribution < 1.29 is 9.84 Å². The van der Waals surface area contributed by atoms with Crippen LogP contribution >= 0.6 is 15.9 Å². The number of ether oxygens (including phenoxy) is 1. The molecular formula is C15H23BrO2. The van der Waals surface area contributed by atoms with E-state index in [1.807, 2.05) is 18.2 Å². The molecule has 0 heterocycles. The number of rotatable bonds is 9. The fourth-order valence-corrected chi connectivity index (χ4v) is 2.28. The average molecular weight is 315 g/mol. The number of hydrogen-bond donors (Lipinski definition) is 1. The van der Waals surface area contributed by atoms with Crippen LogP contribution in [0.15, 0.2) is 28.7 Å². The van der Waals surface area contributed by atoms with Crippen LogP contribution in [0.5, 0.6) is 0 Å². The summed E-state index contributed by atoms with van der Waals surface area (Å²) in [5.41, 5.74) is 1.25. The first-order valence-electron chi connectivity index (χ1n) is 6.70. The molecule has 0 spiro atoms. The van der Waals surface area contributed by atoms with Gasteiger partial charge in [-0.3, -0.25) is 0 Å². The molecule has 0 aromatic heterocycles. The van der Waals surface area contributed by atoms with Crippen LogP contribution in [-0.4, -0.2) is 24.9 Å². The Morgan fingerprint density at radius 1 is 1.28 bits per heavy atom. The van der Waals surface area contributed by atoms with Crippen LogP contribution in [-0.2, 0) is 11.2 Å². The Bertz CT molecular complexity index is 328. The van der Waals surface area contributed by atoms with Gasteiger partial charge in [-0.05, 0) is 36.8 Å². The van der Waals surface area contributed by atoms with Crippen LogP contribution in [0.2, 0.25) is 0 Å². The molecule has 0 amide bonds. The van der Waals surface area contributed by atoms with Gasteiger partial charge < -0.3 is 9.84 Å². The lowest BCUT2D eigenvalue weighted by Crippen LogP contribution is -2.13. The van der Waals surface area contributed by atoms with Crippen molar-refractivity contribution in [3.8, 4) is 0 Å². The molecule has 0 bridgehead atoms. The van der Waals surface area contributed by atoms with Crippen molar-refractivity contribution in [2.75, 3.05) is 19.8 Å². The van der Waals surface area contributed by atoms with E-state index in [1.165, 1.54) is 12.0 Å². The van der Waals surface area contributed by atoms with Crippen molar-refractivity contribution in [2.45, 2.75) is 32.6 Å². The van der Waals surface area contributed by atoms with E-state index in [4.69, 9.17) is 4.74 Å². The summed E-state index contributed by atoms with van der Waals surface area (Å²) in [6.45, 7) is 3.96. The second kappa shape index (κ2) is 9.54. The highest BCUT2D eigenvalue weighted by atomic mass is 79.9. The summed E-state index contributed by atoms with van der Waals surface area (Å²) < 4.78 is 6.67. The van der Waals surface area contributed by atoms with E-state index in [-0.39, 0.29) is 12.5 Å². The minimum atomic E-state index is 0.221. The molecule has 0 aliphatic carbocycles. The summed E-state index contributed by atoms with van der Waals surface area (Å²) in [4.78, 5) is 0. The zero-order valence-corrected chi connectivity index (χ0v) is 12.7. The monoisotopic (exact) mass is 314 g/mol. The number of benzene rings is 1. The van der Waals surface area contributed by atoms with Crippen molar-refractivity contribution in [2.24, 2.45) is 5.92 Å². The van der Waals surface area contributed by atoms with Crippen molar-refractivity contribution >= 4 is 15.9 Å². The summed E-state index contributed by atoms with van der Waals surface area (Å²) in [7, 11) is 0. The zero-order valence-electron chi connectivity index (χ0n) is 11.1. The van der Waals surface area contributed by atoms with Gasteiger partial charge in [0.2, 0.25) is 0 Å². The van der Waals surface area contributed by atoms with Gasteiger partial charge in [-0.25, -0.2) is 0 Å². The fraction of sp³-hybridized carbons (Fsp3) is 0.600. The Balaban J connectivity index is 2.31. The predicted octanol–water partition coefficient (Wildman–Crippen LogP) is 3.81. The third-order valence-electron chi connectivity index (χ3n) is 3.04. The molecule has 1 aromatic carbocycles. The standard InChI is InChI=1S/C15H23BrO2/c1-2-3-9-18-10-8-13(12-17)11-14-6-4-5-7-15(14)16/h4-7,13,17H,2-3,8-12H2,1H3. The third kappa shape index (κ3) is 5.98. The van der Waals surface area contributed by atoms with Crippen molar-refractivity contribution in [3.63, 3.8) is 0 Å². The molecule has 1 atom stereocenters. The largest absolute Gasteiger partial charge is 0.396 e. The summed E-state index contributed by atoms with van der Waals surface area (Å²) in [6.07, 6.45) is 4.10. The number of halogens is 1. The molecule has 0 saturated carbocycles. The number of aliphatic hydroxyl groups excluding tert-OH is 1. The highest BCUT2D eigenvalue weighted by Crippen LogP contribution is 2.20. The number of unbranched alkanes of at least 4 members (excludes halogenated alkanes) is 1. The van der Waals surface area contributed by atoms with Gasteiger partial charge in [-0.2, -0.15) is 0 Å². The highest BCUT2D eigenvalue weighted by molar-refractivity contribution is 9.10. The predicted molar refractivity (Wildman–Crippen MR) is 78.8 cm³/mol. The molecule has 0 radical (unpaired) electrons. The maximum Gasteiger partial charge on any atom is 0.0469 e. The normalized spacial score (nSPS) is 12.6. The van der Waals surface area contributed by atoms with Crippen LogP contribution in [0.1, 0.15) is 31.7 Å². The average Bonchev–Trinajstić information content (AvgIpc) is 2.39. The topological polar surface area (TPSA) is 29.5 Å². The SMILES string of the molecule is CCCCOCCC(CO)Cc1ccccc1Br. The Labute approximate surface area is 118 Å². The quantitative estimate of drug-likeness (QED) is 0.702. The van der Waals surface area contributed by atoms with E-state index >= 15 is 0 Å². The van der Waals surface area contributed by atoms with Gasteiger partial charge >= 0.3 is 0 Å². The Kier molecular flexibility index (Phi) is 8.31. The van der Waals surface area contributed by atoms with Crippen LogP contribution in [0.4, 0.5) is 0 Å². The van der Waals surface area contributed by atoms with E-state index in [9.17, 15) is 5.11 Å². The first-order valence-corrected chi connectivity index (χ1v) is 7.49. The maximum atomic E-state index is 9.41. The Hall–Kier alpha value is -0.380. The maximum absolute atomic E-state index is 9.41. The third-order valence-corrected chi connectivity index (χ3v) is 3.81. The van der Waals surface area contributed by atoms with Crippen molar-refractivity contribution in [1.29, 1.82) is 0 Å². The number of aliphatic hydroxyl groups is 1. The van der Waals surface area contributed by atoms with E-state index in [0.29, 0.717) is 0 Å². The molecule has 2 nitrogen and oxygen atoms in total. The van der Waals surface area contributed by atoms with Gasteiger partial charge in [0, 0.05) is 24.3 Å². The molecule has 1 N–H and O–H groups in total. The van der Waals surface area contributed by atoms with Gasteiger partial charge in [0.15, 0.2) is 0 Å². The second-order valence-electron chi connectivity index (χ2n) is 4.60. The molecular weight excluding hydrogens is 292 g/mol. The lowest BCUT2D eigenvalue weighted by atomic mass is 9.97. The minimum Gasteiger partial charge on any atom is -0.396 e. The van der Waals surface area contributed by atoms with E-state index in [2.05, 4.69) is 28.9 Å². The molecule has 18 heavy (non-hydrogen) atoms. The lowest BCUT2D eigenvalue weighted by molar-refractivity contribution is 0.104. The second-order valence-corrected chi connectivity index (χ2v) is 5.45. The number of hydrogen-bond acceptors (Lipinski definition) is 2. The molecule has 102 valence electrons. The van der Waals surface area contributed by atoms with Crippen molar-refractivity contribution in [3.05, 3.63) is 34.3 Å². The van der Waals surface area contributed by atoms with Crippen LogP contribution in [0.25, 0.3) is 0 Å².